The molecule has 0 N–H and O–H groups in total. The smallest absolute Gasteiger partial charge is 0.0614 e. The standard InChI is InChI=1S/C23H50P/c1-7-8-9-10-11-12-13-14-15-16-17-18-19-24(6,20-22(2)3)21-23(4)5/h22-23H,7-21H2,1-6H3/q+1. The van der Waals surface area contributed by atoms with Gasteiger partial charge in [0.15, 0.2) is 0 Å². The van der Waals surface area contributed by atoms with Crippen LogP contribution in [0.5, 0.6) is 0 Å². The van der Waals surface area contributed by atoms with Crippen molar-refractivity contribution in [3.05, 3.63) is 0 Å². The second-order valence-electron chi connectivity index (χ2n) is 9.39. The Balaban J connectivity index is 3.58. The summed E-state index contributed by atoms with van der Waals surface area (Å²) in [5.41, 5.74) is 0. The molecule has 0 saturated carbocycles. The molecule has 0 nitrogen and oxygen atoms in total. The van der Waals surface area contributed by atoms with Gasteiger partial charge in [0, 0.05) is 13.9 Å². The van der Waals surface area contributed by atoms with E-state index >= 15 is 0 Å². The van der Waals surface area contributed by atoms with Gasteiger partial charge in [0.05, 0.1) is 18.5 Å². The number of rotatable bonds is 17. The molecule has 0 aromatic rings. The Bertz CT molecular complexity index is 247. The van der Waals surface area contributed by atoms with Gasteiger partial charge in [-0.05, 0) is 24.7 Å². The summed E-state index contributed by atoms with van der Waals surface area (Å²) in [5, 5.41) is 0. The third kappa shape index (κ3) is 15.9. The highest BCUT2D eigenvalue weighted by atomic mass is 31.2. The quantitative estimate of drug-likeness (QED) is 0.180. The molecule has 0 unspecified atom stereocenters. The van der Waals surface area contributed by atoms with Crippen molar-refractivity contribution in [2.24, 2.45) is 11.8 Å². The lowest BCUT2D eigenvalue weighted by molar-refractivity contribution is 0.548. The molecule has 0 spiro atoms. The molecule has 0 radical (unpaired) electrons. The fourth-order valence-corrected chi connectivity index (χ4v) is 9.38. The van der Waals surface area contributed by atoms with Crippen LogP contribution in [-0.2, 0) is 0 Å². The summed E-state index contributed by atoms with van der Waals surface area (Å²) < 4.78 is 0. The molecule has 0 bridgehead atoms. The first kappa shape index (κ1) is 24.4. The van der Waals surface area contributed by atoms with E-state index in [9.17, 15) is 0 Å². The summed E-state index contributed by atoms with van der Waals surface area (Å²) in [7, 11) is -0.661. The maximum atomic E-state index is 2.66. The van der Waals surface area contributed by atoms with Crippen molar-refractivity contribution in [1.82, 2.24) is 0 Å². The SMILES string of the molecule is CCCCCCCCCCCCCC[P+](C)(CC(C)C)CC(C)C. The summed E-state index contributed by atoms with van der Waals surface area (Å²) in [6.45, 7) is 14.6. The fraction of sp³-hybridized carbons (Fsp3) is 1.00. The van der Waals surface area contributed by atoms with Crippen molar-refractivity contribution in [3.63, 3.8) is 0 Å². The first-order valence-electron chi connectivity index (χ1n) is 11.2. The minimum absolute atomic E-state index is 0.661. The van der Waals surface area contributed by atoms with E-state index in [4.69, 9.17) is 0 Å². The van der Waals surface area contributed by atoms with Crippen LogP contribution in [0.4, 0.5) is 0 Å². The molecule has 0 aromatic heterocycles. The van der Waals surface area contributed by atoms with E-state index < -0.39 is 7.26 Å². The molecule has 0 aliphatic carbocycles. The Hall–Kier alpha value is 0.430. The van der Waals surface area contributed by atoms with E-state index in [2.05, 4.69) is 41.3 Å². The van der Waals surface area contributed by atoms with Crippen LogP contribution in [0.15, 0.2) is 0 Å². The first-order chi connectivity index (χ1) is 11.4. The zero-order chi connectivity index (χ0) is 18.3. The lowest BCUT2D eigenvalue weighted by Gasteiger charge is -2.27. The monoisotopic (exact) mass is 357 g/mol. The highest BCUT2D eigenvalue weighted by molar-refractivity contribution is 7.75. The highest BCUT2D eigenvalue weighted by Gasteiger charge is 2.32. The van der Waals surface area contributed by atoms with Crippen molar-refractivity contribution < 1.29 is 0 Å². The molecule has 24 heavy (non-hydrogen) atoms. The molecule has 0 amide bonds. The van der Waals surface area contributed by atoms with Gasteiger partial charge in [0.2, 0.25) is 0 Å². The normalized spacial score (nSPS) is 12.5. The lowest BCUT2D eigenvalue weighted by atomic mass is 10.1. The van der Waals surface area contributed by atoms with Crippen LogP contribution in [0, 0.1) is 11.8 Å². The Morgan fingerprint density at radius 2 is 0.875 bits per heavy atom. The zero-order valence-corrected chi connectivity index (χ0v) is 19.1. The molecule has 0 aliphatic heterocycles. The van der Waals surface area contributed by atoms with Gasteiger partial charge in [-0.25, -0.2) is 0 Å². The van der Waals surface area contributed by atoms with Gasteiger partial charge in [-0.2, -0.15) is 0 Å². The summed E-state index contributed by atoms with van der Waals surface area (Å²) in [6, 6.07) is 0. The van der Waals surface area contributed by atoms with Crippen molar-refractivity contribution in [3.8, 4) is 0 Å². The minimum Gasteiger partial charge on any atom is -0.0654 e. The molecule has 0 rings (SSSR count). The van der Waals surface area contributed by atoms with Crippen LogP contribution in [0.1, 0.15) is 112 Å². The van der Waals surface area contributed by atoms with E-state index in [1.165, 1.54) is 89.4 Å². The number of hydrogen-bond acceptors (Lipinski definition) is 0. The Morgan fingerprint density at radius 1 is 0.542 bits per heavy atom. The molecular formula is C23H50P+. The molecular weight excluding hydrogens is 307 g/mol. The van der Waals surface area contributed by atoms with Crippen molar-refractivity contribution >= 4 is 7.26 Å². The molecule has 1 heteroatoms. The van der Waals surface area contributed by atoms with Gasteiger partial charge >= 0.3 is 0 Å². The maximum Gasteiger partial charge on any atom is 0.0614 e. The summed E-state index contributed by atoms with van der Waals surface area (Å²) >= 11 is 0. The minimum atomic E-state index is -0.661. The van der Waals surface area contributed by atoms with Gasteiger partial charge < -0.3 is 0 Å². The largest absolute Gasteiger partial charge is 0.0654 e. The van der Waals surface area contributed by atoms with Gasteiger partial charge in [-0.1, -0.05) is 98.8 Å². The molecule has 146 valence electrons. The molecule has 0 aliphatic rings. The Morgan fingerprint density at radius 3 is 1.21 bits per heavy atom. The maximum absolute atomic E-state index is 2.66. The van der Waals surface area contributed by atoms with Gasteiger partial charge in [-0.15, -0.1) is 0 Å². The van der Waals surface area contributed by atoms with E-state index in [-0.39, 0.29) is 0 Å². The van der Waals surface area contributed by atoms with Gasteiger partial charge in [-0.3, -0.25) is 0 Å². The van der Waals surface area contributed by atoms with Crippen LogP contribution in [0.2, 0.25) is 0 Å². The van der Waals surface area contributed by atoms with Crippen LogP contribution in [-0.4, -0.2) is 25.2 Å². The second-order valence-corrected chi connectivity index (χ2v) is 13.8. The van der Waals surface area contributed by atoms with Gasteiger partial charge in [0.25, 0.3) is 0 Å². The second kappa shape index (κ2) is 15.7. The average Bonchev–Trinajstić information content (AvgIpc) is 2.46. The van der Waals surface area contributed by atoms with Crippen molar-refractivity contribution in [1.29, 1.82) is 0 Å². The summed E-state index contributed by atoms with van der Waals surface area (Å²) in [6.07, 6.45) is 22.2. The van der Waals surface area contributed by atoms with Gasteiger partial charge in [0.1, 0.15) is 0 Å². The zero-order valence-electron chi connectivity index (χ0n) is 18.2. The van der Waals surface area contributed by atoms with E-state index in [0.717, 1.165) is 11.8 Å². The Kier molecular flexibility index (Phi) is 15.9. The van der Waals surface area contributed by atoms with Crippen LogP contribution in [0.3, 0.4) is 0 Å². The summed E-state index contributed by atoms with van der Waals surface area (Å²) in [4.78, 5) is 0. The van der Waals surface area contributed by atoms with E-state index in [1.54, 1.807) is 6.16 Å². The third-order valence-corrected chi connectivity index (χ3v) is 9.78. The first-order valence-corrected chi connectivity index (χ1v) is 14.0. The van der Waals surface area contributed by atoms with Crippen molar-refractivity contribution in [2.75, 3.05) is 25.2 Å². The average molecular weight is 358 g/mol. The van der Waals surface area contributed by atoms with E-state index in [0.29, 0.717) is 0 Å². The predicted octanol–water partition coefficient (Wildman–Crippen LogP) is 8.65. The predicted molar refractivity (Wildman–Crippen MR) is 118 cm³/mol. The molecule has 0 saturated heterocycles. The Labute approximate surface area is 156 Å². The molecule has 0 heterocycles. The molecule has 0 fully saturated rings. The third-order valence-electron chi connectivity index (χ3n) is 5.16. The topological polar surface area (TPSA) is 0 Å². The fourth-order valence-electron chi connectivity index (χ4n) is 4.35. The lowest BCUT2D eigenvalue weighted by Crippen LogP contribution is -2.14. The number of hydrogen-bond donors (Lipinski definition) is 0. The highest BCUT2D eigenvalue weighted by Crippen LogP contribution is 2.58. The molecule has 0 aromatic carbocycles. The van der Waals surface area contributed by atoms with E-state index in [1.807, 2.05) is 0 Å². The van der Waals surface area contributed by atoms with Crippen molar-refractivity contribution in [2.45, 2.75) is 112 Å². The van der Waals surface area contributed by atoms with Crippen LogP contribution >= 0.6 is 7.26 Å². The molecule has 0 atom stereocenters. The number of unbranched alkanes of at least 4 members (excludes halogenated alkanes) is 11. The summed E-state index contributed by atoms with van der Waals surface area (Å²) in [5.74, 6) is 1.78. The van der Waals surface area contributed by atoms with Crippen LogP contribution in [0.25, 0.3) is 0 Å². The van der Waals surface area contributed by atoms with Crippen LogP contribution < -0.4 is 0 Å².